The molecule has 0 spiro atoms. The van der Waals surface area contributed by atoms with Crippen molar-refractivity contribution in [2.45, 2.75) is 19.9 Å². The van der Waals surface area contributed by atoms with E-state index in [1.54, 1.807) is 14.2 Å². The average molecular weight is 223 g/mol. The summed E-state index contributed by atoms with van der Waals surface area (Å²) < 4.78 is 10.4. The number of rotatable bonds is 6. The van der Waals surface area contributed by atoms with E-state index in [1.165, 1.54) is 11.1 Å². The summed E-state index contributed by atoms with van der Waals surface area (Å²) in [5.74, 6) is 0.973. The molecule has 90 valence electrons. The summed E-state index contributed by atoms with van der Waals surface area (Å²) in [4.78, 5) is 2.13. The van der Waals surface area contributed by atoms with Crippen LogP contribution in [-0.4, -0.2) is 32.9 Å². The summed E-state index contributed by atoms with van der Waals surface area (Å²) in [5.41, 5.74) is 2.54. The van der Waals surface area contributed by atoms with Gasteiger partial charge in [0.25, 0.3) is 0 Å². The van der Waals surface area contributed by atoms with Gasteiger partial charge in [-0.2, -0.15) is 0 Å². The molecule has 1 aromatic carbocycles. The van der Waals surface area contributed by atoms with Gasteiger partial charge in [0.2, 0.25) is 0 Å². The van der Waals surface area contributed by atoms with Crippen LogP contribution in [0, 0.1) is 0 Å². The van der Waals surface area contributed by atoms with Gasteiger partial charge in [-0.05, 0) is 30.7 Å². The number of methoxy groups -OCH3 is 2. The second kappa shape index (κ2) is 6.51. The maximum atomic E-state index is 5.31. The minimum absolute atomic E-state index is 0.646. The van der Waals surface area contributed by atoms with Gasteiger partial charge in [0.05, 0.1) is 13.8 Å². The van der Waals surface area contributed by atoms with Crippen LogP contribution in [0.4, 0.5) is 0 Å². The van der Waals surface area contributed by atoms with Gasteiger partial charge in [-0.15, -0.1) is 0 Å². The molecule has 0 heterocycles. The molecule has 0 fully saturated rings. The van der Waals surface area contributed by atoms with E-state index in [0.29, 0.717) is 6.73 Å². The van der Waals surface area contributed by atoms with Gasteiger partial charge in [0.1, 0.15) is 5.75 Å². The van der Waals surface area contributed by atoms with E-state index >= 15 is 0 Å². The molecule has 0 aliphatic rings. The van der Waals surface area contributed by atoms with Gasteiger partial charge in [-0.25, -0.2) is 0 Å². The summed E-state index contributed by atoms with van der Waals surface area (Å²) in [7, 11) is 5.46. The Balaban J connectivity index is 2.74. The lowest BCUT2D eigenvalue weighted by Crippen LogP contribution is -2.20. The van der Waals surface area contributed by atoms with E-state index < -0.39 is 0 Å². The Morgan fingerprint density at radius 2 is 2.00 bits per heavy atom. The molecule has 0 saturated heterocycles. The summed E-state index contributed by atoms with van der Waals surface area (Å²) in [6.07, 6.45) is 0.991. The summed E-state index contributed by atoms with van der Waals surface area (Å²) >= 11 is 0. The smallest absolute Gasteiger partial charge is 0.122 e. The van der Waals surface area contributed by atoms with E-state index in [1.807, 2.05) is 13.1 Å². The summed E-state index contributed by atoms with van der Waals surface area (Å²) in [5, 5.41) is 0. The SMILES string of the molecule is CCc1cc(CN(C)COC)ccc1OC. The normalized spacial score (nSPS) is 10.8. The first-order valence-corrected chi connectivity index (χ1v) is 5.54. The number of hydrogen-bond donors (Lipinski definition) is 0. The molecule has 3 heteroatoms. The van der Waals surface area contributed by atoms with Crippen molar-refractivity contribution in [3.63, 3.8) is 0 Å². The van der Waals surface area contributed by atoms with Crippen molar-refractivity contribution in [2.75, 3.05) is 28.0 Å². The molecular weight excluding hydrogens is 202 g/mol. The van der Waals surface area contributed by atoms with Gasteiger partial charge < -0.3 is 9.47 Å². The molecule has 3 nitrogen and oxygen atoms in total. The van der Waals surface area contributed by atoms with Crippen molar-refractivity contribution in [3.05, 3.63) is 29.3 Å². The van der Waals surface area contributed by atoms with Crippen molar-refractivity contribution in [3.8, 4) is 5.75 Å². The topological polar surface area (TPSA) is 21.7 Å². The summed E-state index contributed by atoms with van der Waals surface area (Å²) in [6, 6.07) is 6.34. The van der Waals surface area contributed by atoms with Gasteiger partial charge in [0.15, 0.2) is 0 Å². The molecule has 0 N–H and O–H groups in total. The van der Waals surface area contributed by atoms with Crippen LogP contribution in [0.5, 0.6) is 5.75 Å². The van der Waals surface area contributed by atoms with Crippen LogP contribution in [0.3, 0.4) is 0 Å². The van der Waals surface area contributed by atoms with Gasteiger partial charge in [-0.3, -0.25) is 4.90 Å². The highest BCUT2D eigenvalue weighted by Gasteiger charge is 2.04. The second-order valence-corrected chi connectivity index (χ2v) is 3.93. The van der Waals surface area contributed by atoms with Crippen molar-refractivity contribution >= 4 is 0 Å². The maximum Gasteiger partial charge on any atom is 0.122 e. The molecule has 1 rings (SSSR count). The Labute approximate surface area is 98.0 Å². The minimum atomic E-state index is 0.646. The van der Waals surface area contributed by atoms with Crippen LogP contribution in [-0.2, 0) is 17.7 Å². The Bertz CT molecular complexity index is 326. The quantitative estimate of drug-likeness (QED) is 0.691. The maximum absolute atomic E-state index is 5.31. The third kappa shape index (κ3) is 3.51. The minimum Gasteiger partial charge on any atom is -0.496 e. The third-order valence-electron chi connectivity index (χ3n) is 2.53. The largest absolute Gasteiger partial charge is 0.496 e. The Morgan fingerprint density at radius 1 is 1.25 bits per heavy atom. The number of ether oxygens (including phenoxy) is 2. The first kappa shape index (κ1) is 13.0. The summed E-state index contributed by atoms with van der Waals surface area (Å²) in [6.45, 7) is 3.68. The monoisotopic (exact) mass is 223 g/mol. The number of aryl methyl sites for hydroxylation is 1. The van der Waals surface area contributed by atoms with Crippen molar-refractivity contribution in [2.24, 2.45) is 0 Å². The highest BCUT2D eigenvalue weighted by molar-refractivity contribution is 5.37. The molecule has 0 radical (unpaired) electrons. The van der Waals surface area contributed by atoms with Crippen LogP contribution in [0.25, 0.3) is 0 Å². The molecule has 0 atom stereocenters. The zero-order valence-corrected chi connectivity index (χ0v) is 10.6. The Hall–Kier alpha value is -1.06. The molecule has 0 bridgehead atoms. The fourth-order valence-electron chi connectivity index (χ4n) is 1.78. The number of hydrogen-bond acceptors (Lipinski definition) is 3. The van der Waals surface area contributed by atoms with Gasteiger partial charge >= 0.3 is 0 Å². The fraction of sp³-hybridized carbons (Fsp3) is 0.538. The van der Waals surface area contributed by atoms with Crippen molar-refractivity contribution in [1.82, 2.24) is 4.90 Å². The van der Waals surface area contributed by atoms with Crippen LogP contribution < -0.4 is 4.74 Å². The van der Waals surface area contributed by atoms with E-state index in [2.05, 4.69) is 24.0 Å². The molecule has 0 amide bonds. The first-order valence-electron chi connectivity index (χ1n) is 5.54. The van der Waals surface area contributed by atoms with Crippen LogP contribution in [0.15, 0.2) is 18.2 Å². The Kier molecular flexibility index (Phi) is 5.29. The van der Waals surface area contributed by atoms with E-state index in [9.17, 15) is 0 Å². The zero-order chi connectivity index (χ0) is 12.0. The molecule has 1 aromatic rings. The molecule has 0 aliphatic heterocycles. The van der Waals surface area contributed by atoms with Crippen molar-refractivity contribution in [1.29, 1.82) is 0 Å². The second-order valence-electron chi connectivity index (χ2n) is 3.93. The predicted molar refractivity (Wildman–Crippen MR) is 65.7 cm³/mol. The fourth-order valence-corrected chi connectivity index (χ4v) is 1.78. The van der Waals surface area contributed by atoms with Crippen LogP contribution in [0.2, 0.25) is 0 Å². The van der Waals surface area contributed by atoms with E-state index in [0.717, 1.165) is 18.7 Å². The third-order valence-corrected chi connectivity index (χ3v) is 2.53. The molecule has 0 saturated carbocycles. The average Bonchev–Trinajstić information content (AvgIpc) is 2.29. The van der Waals surface area contributed by atoms with Gasteiger partial charge in [-0.1, -0.05) is 19.1 Å². The molecule has 0 unspecified atom stereocenters. The lowest BCUT2D eigenvalue weighted by molar-refractivity contribution is 0.0771. The number of benzene rings is 1. The van der Waals surface area contributed by atoms with E-state index in [-0.39, 0.29) is 0 Å². The predicted octanol–water partition coefficient (Wildman–Crippen LogP) is 2.29. The van der Waals surface area contributed by atoms with Crippen LogP contribution >= 0.6 is 0 Å². The highest BCUT2D eigenvalue weighted by Crippen LogP contribution is 2.20. The molecule has 16 heavy (non-hydrogen) atoms. The first-order chi connectivity index (χ1) is 7.71. The Morgan fingerprint density at radius 3 is 2.56 bits per heavy atom. The lowest BCUT2D eigenvalue weighted by Gasteiger charge is -2.16. The van der Waals surface area contributed by atoms with Crippen molar-refractivity contribution < 1.29 is 9.47 Å². The van der Waals surface area contributed by atoms with E-state index in [4.69, 9.17) is 9.47 Å². The molecule has 0 aromatic heterocycles. The number of nitrogens with zero attached hydrogens (tertiary/aromatic N) is 1. The zero-order valence-electron chi connectivity index (χ0n) is 10.6. The molecule has 0 aliphatic carbocycles. The molecular formula is C13H21NO2. The standard InChI is InChI=1S/C13H21NO2/c1-5-12-8-11(6-7-13(12)16-4)9-14(2)10-15-3/h6-8H,5,9-10H2,1-4H3. The lowest BCUT2D eigenvalue weighted by atomic mass is 10.1. The van der Waals surface area contributed by atoms with Crippen LogP contribution in [0.1, 0.15) is 18.1 Å². The highest BCUT2D eigenvalue weighted by atomic mass is 16.5. The van der Waals surface area contributed by atoms with Gasteiger partial charge in [0, 0.05) is 13.7 Å².